The van der Waals surface area contributed by atoms with Crippen LogP contribution in [-0.4, -0.2) is 38.0 Å². The maximum Gasteiger partial charge on any atom is 0.192 e. The number of benzene rings is 1. The standard InChI is InChI=1S/C19H23N5O.C11H18N4/c1-11(2)8-19(4)9-24(16-17(19)21-10-22-18(16)20)13-5-6-15-14(7-13)23-12(3)25-15;1-7(2)4-11(3)5-13-8-9(11)14-6-15-10(8)12/h5-7,10-11H,8-9H2,1-4H3,(H2,20,21,22);6-7,13H,4-5H2,1-3H3,(H2,12,14,15). The summed E-state index contributed by atoms with van der Waals surface area (Å²) < 4.78 is 5.59. The Kier molecular flexibility index (Phi) is 7.06. The van der Waals surface area contributed by atoms with Crippen LogP contribution in [0.15, 0.2) is 35.3 Å². The minimum Gasteiger partial charge on any atom is -0.441 e. The van der Waals surface area contributed by atoms with Crippen molar-refractivity contribution >= 4 is 39.8 Å². The summed E-state index contributed by atoms with van der Waals surface area (Å²) in [6.45, 7) is 17.0. The number of nitrogen functional groups attached to an aromatic ring is 2. The van der Waals surface area contributed by atoms with E-state index in [9.17, 15) is 0 Å². The van der Waals surface area contributed by atoms with Crippen molar-refractivity contribution in [3.63, 3.8) is 0 Å². The highest BCUT2D eigenvalue weighted by Gasteiger charge is 2.43. The van der Waals surface area contributed by atoms with Gasteiger partial charge in [-0.15, -0.1) is 0 Å². The molecule has 40 heavy (non-hydrogen) atoms. The molecular formula is C30H41N9O. The second kappa shape index (κ2) is 10.2. The average molecular weight is 544 g/mol. The number of nitrogens with two attached hydrogens (primary N) is 2. The molecule has 2 aliphatic rings. The van der Waals surface area contributed by atoms with Crippen LogP contribution in [0.4, 0.5) is 28.7 Å². The largest absolute Gasteiger partial charge is 0.441 e. The molecule has 2 unspecified atom stereocenters. The van der Waals surface area contributed by atoms with Crippen molar-refractivity contribution < 1.29 is 4.42 Å². The zero-order chi connectivity index (χ0) is 28.8. The Labute approximate surface area is 236 Å². The second-order valence-corrected chi connectivity index (χ2v) is 12.6. The van der Waals surface area contributed by atoms with Gasteiger partial charge in [-0.2, -0.15) is 0 Å². The number of oxazole rings is 1. The van der Waals surface area contributed by atoms with E-state index in [2.05, 4.69) is 76.7 Å². The van der Waals surface area contributed by atoms with Gasteiger partial charge in [0.15, 0.2) is 23.1 Å². The first-order valence-electron chi connectivity index (χ1n) is 14.0. The van der Waals surface area contributed by atoms with Gasteiger partial charge in [0.1, 0.15) is 23.9 Å². The number of rotatable bonds is 5. The summed E-state index contributed by atoms with van der Waals surface area (Å²) in [5.74, 6) is 2.97. The molecule has 0 radical (unpaired) electrons. The van der Waals surface area contributed by atoms with Crippen LogP contribution in [-0.2, 0) is 10.8 Å². The molecule has 10 nitrogen and oxygen atoms in total. The fourth-order valence-electron chi connectivity index (χ4n) is 6.55. The normalized spacial score (nSPS) is 21.4. The van der Waals surface area contributed by atoms with Crippen LogP contribution in [0.5, 0.6) is 0 Å². The Bertz CT molecular complexity index is 1530. The summed E-state index contributed by atoms with van der Waals surface area (Å²) in [7, 11) is 0. The highest BCUT2D eigenvalue weighted by Crippen LogP contribution is 2.48. The van der Waals surface area contributed by atoms with E-state index in [1.54, 1.807) is 12.7 Å². The zero-order valence-corrected chi connectivity index (χ0v) is 24.6. The first-order chi connectivity index (χ1) is 18.9. The van der Waals surface area contributed by atoms with Crippen molar-refractivity contribution in [3.05, 3.63) is 48.1 Å². The van der Waals surface area contributed by atoms with Gasteiger partial charge in [-0.3, -0.25) is 0 Å². The van der Waals surface area contributed by atoms with Crippen LogP contribution in [0.25, 0.3) is 11.1 Å². The van der Waals surface area contributed by atoms with Crippen molar-refractivity contribution in [3.8, 4) is 0 Å². The minimum atomic E-state index is -0.0603. The van der Waals surface area contributed by atoms with Crippen LogP contribution in [0.2, 0.25) is 0 Å². The number of hydrogen-bond acceptors (Lipinski definition) is 10. The number of nitrogens with zero attached hydrogens (tertiary/aromatic N) is 6. The first kappa shape index (κ1) is 27.6. The van der Waals surface area contributed by atoms with E-state index in [0.717, 1.165) is 65.5 Å². The van der Waals surface area contributed by atoms with Crippen LogP contribution >= 0.6 is 0 Å². The molecule has 0 bridgehead atoms. The fraction of sp³-hybridized carbons (Fsp3) is 0.500. The lowest BCUT2D eigenvalue weighted by molar-refractivity contribution is 0.385. The van der Waals surface area contributed by atoms with Crippen LogP contribution in [0.1, 0.15) is 71.7 Å². The number of nitrogens with one attached hydrogen (secondary N) is 1. The lowest BCUT2D eigenvalue weighted by atomic mass is 9.80. The Balaban J connectivity index is 0.000000184. The summed E-state index contributed by atoms with van der Waals surface area (Å²) in [6, 6.07) is 6.05. The SMILES string of the molecule is CC(C)CC1(C)CNc2c(N)ncnc21.Cc1nc2cc(N3CC(C)(CC(C)C)c4ncnc(N)c43)ccc2o1. The molecule has 212 valence electrons. The predicted octanol–water partition coefficient (Wildman–Crippen LogP) is 5.75. The van der Waals surface area contributed by atoms with E-state index >= 15 is 0 Å². The van der Waals surface area contributed by atoms with Crippen molar-refractivity contribution in [2.45, 2.75) is 72.1 Å². The van der Waals surface area contributed by atoms with Gasteiger partial charge < -0.3 is 26.1 Å². The van der Waals surface area contributed by atoms with Crippen molar-refractivity contribution in [1.29, 1.82) is 0 Å². The Hall–Kier alpha value is -3.95. The van der Waals surface area contributed by atoms with Gasteiger partial charge in [-0.1, -0.05) is 41.5 Å². The molecule has 1 aromatic carbocycles. The van der Waals surface area contributed by atoms with Gasteiger partial charge >= 0.3 is 0 Å². The van der Waals surface area contributed by atoms with Gasteiger partial charge in [0, 0.05) is 36.5 Å². The lowest BCUT2D eigenvalue weighted by Gasteiger charge is -2.27. The van der Waals surface area contributed by atoms with Gasteiger partial charge in [-0.25, -0.2) is 24.9 Å². The number of anilines is 5. The van der Waals surface area contributed by atoms with E-state index in [4.69, 9.17) is 15.9 Å². The van der Waals surface area contributed by atoms with Crippen LogP contribution < -0.4 is 21.7 Å². The molecule has 0 saturated carbocycles. The van der Waals surface area contributed by atoms with E-state index < -0.39 is 0 Å². The molecule has 5 heterocycles. The van der Waals surface area contributed by atoms with E-state index in [-0.39, 0.29) is 10.8 Å². The molecule has 5 N–H and O–H groups in total. The van der Waals surface area contributed by atoms with Crippen LogP contribution in [0.3, 0.4) is 0 Å². The zero-order valence-electron chi connectivity index (χ0n) is 24.6. The number of fused-ring (bicyclic) bond motifs is 3. The molecule has 0 spiro atoms. The molecular weight excluding hydrogens is 502 g/mol. The van der Waals surface area contributed by atoms with Gasteiger partial charge in [0.25, 0.3) is 0 Å². The third kappa shape index (κ3) is 5.02. The third-order valence-corrected chi connectivity index (χ3v) is 7.81. The Morgan fingerprint density at radius 2 is 1.57 bits per heavy atom. The van der Waals surface area contributed by atoms with Crippen molar-refractivity contribution in [1.82, 2.24) is 24.9 Å². The van der Waals surface area contributed by atoms with Gasteiger partial charge in [-0.05, 0) is 42.9 Å². The number of hydrogen-bond donors (Lipinski definition) is 3. The molecule has 6 rings (SSSR count). The van der Waals surface area contributed by atoms with Crippen molar-refractivity contribution in [2.24, 2.45) is 11.8 Å². The number of aryl methyl sites for hydroxylation is 1. The molecule has 0 fully saturated rings. The summed E-state index contributed by atoms with van der Waals surface area (Å²) in [4.78, 5) is 23.9. The quantitative estimate of drug-likeness (QED) is 0.284. The minimum absolute atomic E-state index is 0.0603. The maximum atomic E-state index is 6.24. The first-order valence-corrected chi connectivity index (χ1v) is 14.0. The second-order valence-electron chi connectivity index (χ2n) is 12.6. The van der Waals surface area contributed by atoms with Crippen LogP contribution in [0, 0.1) is 18.8 Å². The topological polar surface area (TPSA) is 145 Å². The summed E-state index contributed by atoms with van der Waals surface area (Å²) in [5, 5.41) is 3.31. The molecule has 4 aromatic rings. The summed E-state index contributed by atoms with van der Waals surface area (Å²) in [6.07, 6.45) is 5.28. The highest BCUT2D eigenvalue weighted by molar-refractivity contribution is 5.84. The van der Waals surface area contributed by atoms with E-state index in [0.29, 0.717) is 29.4 Å². The molecule has 2 atom stereocenters. The fourth-order valence-corrected chi connectivity index (χ4v) is 6.55. The summed E-state index contributed by atoms with van der Waals surface area (Å²) >= 11 is 0. The molecule has 0 amide bonds. The van der Waals surface area contributed by atoms with E-state index in [1.807, 2.05) is 25.1 Å². The average Bonchev–Trinajstić information content (AvgIpc) is 3.50. The molecule has 10 heteroatoms. The highest BCUT2D eigenvalue weighted by atomic mass is 16.3. The third-order valence-electron chi connectivity index (χ3n) is 7.81. The monoisotopic (exact) mass is 543 g/mol. The molecule has 3 aromatic heterocycles. The molecule has 0 saturated heterocycles. The van der Waals surface area contributed by atoms with Crippen molar-refractivity contribution in [2.75, 3.05) is 34.8 Å². The number of aromatic nitrogens is 5. The molecule has 0 aliphatic carbocycles. The van der Waals surface area contributed by atoms with E-state index in [1.165, 1.54) is 0 Å². The predicted molar refractivity (Wildman–Crippen MR) is 161 cm³/mol. The Morgan fingerprint density at radius 1 is 0.925 bits per heavy atom. The maximum absolute atomic E-state index is 6.24. The smallest absolute Gasteiger partial charge is 0.192 e. The van der Waals surface area contributed by atoms with Gasteiger partial charge in [0.05, 0.1) is 17.1 Å². The molecule has 2 aliphatic heterocycles. The Morgan fingerprint density at radius 3 is 2.27 bits per heavy atom. The summed E-state index contributed by atoms with van der Waals surface area (Å²) in [5.41, 5.74) is 18.7. The van der Waals surface area contributed by atoms with Gasteiger partial charge in [0.2, 0.25) is 0 Å². The lowest BCUT2D eigenvalue weighted by Crippen LogP contribution is -2.30.